The Morgan fingerprint density at radius 1 is 1.44 bits per heavy atom. The molecular formula is C13H21F2NO2. The maximum Gasteiger partial charge on any atom is 0.308 e. The zero-order valence-corrected chi connectivity index (χ0v) is 11.2. The van der Waals surface area contributed by atoms with Crippen molar-refractivity contribution in [2.45, 2.75) is 51.6 Å². The van der Waals surface area contributed by atoms with Gasteiger partial charge in [0.25, 0.3) is 0 Å². The second kappa shape index (κ2) is 8.87. The molecule has 1 atom stereocenters. The fourth-order valence-corrected chi connectivity index (χ4v) is 1.41. The number of rotatable bonds is 3. The normalized spacial score (nSPS) is 21.3. The number of ether oxygens (including phenoxy) is 1. The third-order valence-electron chi connectivity index (χ3n) is 2.37. The van der Waals surface area contributed by atoms with Crippen LogP contribution in [0.15, 0.2) is 0 Å². The summed E-state index contributed by atoms with van der Waals surface area (Å²) in [5.41, 5.74) is 0. The molecule has 1 unspecified atom stereocenters. The fourth-order valence-electron chi connectivity index (χ4n) is 1.41. The predicted octanol–water partition coefficient (Wildman–Crippen LogP) is 2.36. The molecule has 0 aromatic carbocycles. The summed E-state index contributed by atoms with van der Waals surface area (Å²) in [4.78, 5) is 10.9. The van der Waals surface area contributed by atoms with Crippen molar-refractivity contribution in [2.75, 3.05) is 13.7 Å². The first-order valence-corrected chi connectivity index (χ1v) is 6.23. The highest BCUT2D eigenvalue weighted by Crippen LogP contribution is 2.24. The Labute approximate surface area is 107 Å². The minimum atomic E-state index is -2.92. The maximum atomic E-state index is 13.0. The molecule has 0 heterocycles. The van der Waals surface area contributed by atoms with E-state index in [0.717, 1.165) is 0 Å². The van der Waals surface area contributed by atoms with Crippen LogP contribution in [0.5, 0.6) is 0 Å². The monoisotopic (exact) mass is 261 g/mol. The Balaban J connectivity index is 0.00000137. The molecule has 1 aliphatic carbocycles. The third kappa shape index (κ3) is 7.23. The van der Waals surface area contributed by atoms with Gasteiger partial charge in [-0.15, -0.1) is 0 Å². The summed E-state index contributed by atoms with van der Waals surface area (Å²) >= 11 is 0. The van der Waals surface area contributed by atoms with E-state index in [9.17, 15) is 13.6 Å². The van der Waals surface area contributed by atoms with Gasteiger partial charge in [-0.2, -0.15) is 8.78 Å². The van der Waals surface area contributed by atoms with Crippen molar-refractivity contribution >= 4 is 5.91 Å². The van der Waals surface area contributed by atoms with E-state index in [4.69, 9.17) is 4.74 Å². The van der Waals surface area contributed by atoms with Crippen molar-refractivity contribution in [3.05, 3.63) is 0 Å². The summed E-state index contributed by atoms with van der Waals surface area (Å²) in [6.45, 7) is 3.92. The molecule has 18 heavy (non-hydrogen) atoms. The van der Waals surface area contributed by atoms with Crippen molar-refractivity contribution in [3.8, 4) is 11.8 Å². The Morgan fingerprint density at radius 3 is 2.72 bits per heavy atom. The Kier molecular flexibility index (Phi) is 8.30. The van der Waals surface area contributed by atoms with Crippen LogP contribution in [0.1, 0.15) is 39.5 Å². The van der Waals surface area contributed by atoms with Crippen LogP contribution in [-0.4, -0.2) is 31.6 Å². The van der Waals surface area contributed by atoms with Gasteiger partial charge in [0.2, 0.25) is 5.91 Å². The van der Waals surface area contributed by atoms with Gasteiger partial charge in [-0.3, -0.25) is 4.79 Å². The molecular weight excluding hydrogens is 240 g/mol. The highest BCUT2D eigenvalue weighted by molar-refractivity contribution is 5.76. The summed E-state index contributed by atoms with van der Waals surface area (Å²) < 4.78 is 31.2. The summed E-state index contributed by atoms with van der Waals surface area (Å²) in [6.07, 6.45) is 0.600. The van der Waals surface area contributed by atoms with E-state index >= 15 is 0 Å². The first kappa shape index (κ1) is 16.9. The minimum absolute atomic E-state index is 0.0832. The molecule has 3 nitrogen and oxygen atoms in total. The largest absolute Gasteiger partial charge is 0.368 e. The van der Waals surface area contributed by atoms with E-state index in [2.05, 4.69) is 11.2 Å². The molecule has 1 aliphatic rings. The van der Waals surface area contributed by atoms with Crippen LogP contribution in [0.25, 0.3) is 0 Å². The number of alkyl halides is 2. The number of likely N-dealkylation sites (N-methyl/N-ethyl adjacent to an activating group) is 1. The fraction of sp³-hybridized carbons (Fsp3) is 0.769. The van der Waals surface area contributed by atoms with Crippen LogP contribution in [0.2, 0.25) is 0 Å². The van der Waals surface area contributed by atoms with E-state index in [1.54, 1.807) is 0 Å². The van der Waals surface area contributed by atoms with Crippen molar-refractivity contribution in [2.24, 2.45) is 0 Å². The molecule has 0 saturated heterocycles. The predicted molar refractivity (Wildman–Crippen MR) is 66.3 cm³/mol. The number of hydrogen-bond acceptors (Lipinski definition) is 2. The van der Waals surface area contributed by atoms with Gasteiger partial charge in [-0.05, 0) is 18.8 Å². The van der Waals surface area contributed by atoms with E-state index in [-0.39, 0.29) is 31.5 Å². The molecule has 0 saturated carbocycles. The van der Waals surface area contributed by atoms with Gasteiger partial charge in [-0.25, -0.2) is 0 Å². The van der Waals surface area contributed by atoms with Crippen LogP contribution >= 0.6 is 0 Å². The lowest BCUT2D eigenvalue weighted by molar-refractivity contribution is -0.127. The zero-order valence-electron chi connectivity index (χ0n) is 11.2. The molecule has 0 spiro atoms. The lowest BCUT2D eigenvalue weighted by Crippen LogP contribution is -2.28. The molecule has 1 N–H and O–H groups in total. The van der Waals surface area contributed by atoms with Crippen molar-refractivity contribution < 1.29 is 18.3 Å². The average molecular weight is 261 g/mol. The van der Waals surface area contributed by atoms with Gasteiger partial charge in [-0.1, -0.05) is 19.8 Å². The first-order valence-electron chi connectivity index (χ1n) is 6.23. The quantitative estimate of drug-likeness (QED) is 0.792. The maximum absolute atomic E-state index is 13.0. The Hall–Kier alpha value is -1.15. The third-order valence-corrected chi connectivity index (χ3v) is 2.37. The van der Waals surface area contributed by atoms with Crippen LogP contribution in [0.3, 0.4) is 0 Å². The standard InChI is InChI=1S/C11H15F2NO2.C2H6/c1-14-10(15)8-16-9-4-2-3-6-11(12,13)7-5-9;1-2/h9H,2,4-5,7-8H2,1H3,(H,14,15);1-2H3. The number of carbonyl (C=O) groups excluding carboxylic acids is 1. The second-order valence-electron chi connectivity index (χ2n) is 3.69. The Morgan fingerprint density at radius 2 is 2.11 bits per heavy atom. The molecule has 0 radical (unpaired) electrons. The lowest BCUT2D eigenvalue weighted by atomic mass is 10.0. The van der Waals surface area contributed by atoms with E-state index in [0.29, 0.717) is 12.8 Å². The number of amides is 1. The molecule has 5 heteroatoms. The summed E-state index contributed by atoms with van der Waals surface area (Å²) in [5.74, 6) is 1.20. The highest BCUT2D eigenvalue weighted by Gasteiger charge is 2.28. The van der Waals surface area contributed by atoms with Crippen LogP contribution in [0, 0.1) is 11.8 Å². The summed E-state index contributed by atoms with van der Waals surface area (Å²) in [6, 6.07) is 0. The number of nitrogens with one attached hydrogen (secondary N) is 1. The molecule has 104 valence electrons. The summed E-state index contributed by atoms with van der Waals surface area (Å²) in [7, 11) is 1.50. The van der Waals surface area contributed by atoms with Crippen molar-refractivity contribution in [1.29, 1.82) is 0 Å². The molecule has 0 aliphatic heterocycles. The van der Waals surface area contributed by atoms with Gasteiger partial charge >= 0.3 is 5.92 Å². The van der Waals surface area contributed by atoms with Crippen LogP contribution in [-0.2, 0) is 9.53 Å². The van der Waals surface area contributed by atoms with Gasteiger partial charge in [0, 0.05) is 19.9 Å². The number of hydrogen-bond donors (Lipinski definition) is 1. The van der Waals surface area contributed by atoms with Crippen molar-refractivity contribution in [1.82, 2.24) is 5.32 Å². The molecule has 0 aromatic heterocycles. The lowest BCUT2D eigenvalue weighted by Gasteiger charge is -2.20. The van der Waals surface area contributed by atoms with E-state index < -0.39 is 5.92 Å². The van der Waals surface area contributed by atoms with Gasteiger partial charge in [0.05, 0.1) is 6.10 Å². The van der Waals surface area contributed by atoms with Crippen LogP contribution < -0.4 is 5.32 Å². The van der Waals surface area contributed by atoms with Gasteiger partial charge < -0.3 is 10.1 Å². The minimum Gasteiger partial charge on any atom is -0.368 e. The van der Waals surface area contributed by atoms with Gasteiger partial charge in [0.15, 0.2) is 0 Å². The zero-order chi connectivity index (χ0) is 14.0. The molecule has 1 amide bonds. The molecule has 0 bridgehead atoms. The van der Waals surface area contributed by atoms with Crippen LogP contribution in [0.4, 0.5) is 8.78 Å². The second-order valence-corrected chi connectivity index (χ2v) is 3.69. The highest BCUT2D eigenvalue weighted by atomic mass is 19.3. The molecule has 1 rings (SSSR count). The number of halogens is 2. The average Bonchev–Trinajstić information content (AvgIpc) is 2.36. The topological polar surface area (TPSA) is 38.3 Å². The summed E-state index contributed by atoms with van der Waals surface area (Å²) in [5, 5.41) is 2.41. The van der Waals surface area contributed by atoms with Crippen molar-refractivity contribution in [3.63, 3.8) is 0 Å². The molecule has 0 aromatic rings. The SMILES string of the molecule is CC.CNC(=O)COC1CCC#CC(F)(F)CC1. The first-order chi connectivity index (χ1) is 8.53. The van der Waals surface area contributed by atoms with Gasteiger partial charge in [0.1, 0.15) is 6.61 Å². The number of carbonyl (C=O) groups is 1. The molecule has 0 fully saturated rings. The smallest absolute Gasteiger partial charge is 0.308 e. The Bertz CT molecular complexity index is 308. The van der Waals surface area contributed by atoms with E-state index in [1.165, 1.54) is 7.05 Å². The van der Waals surface area contributed by atoms with E-state index in [1.807, 2.05) is 19.8 Å².